The standard InChI is InChI=1S/C21H21N5O3/c1-13-7-8-19(29-3)18(9-13)26-21-22-11-15(12-23-21)20(28)25-17-6-4-5-16(10-17)24-14(2)27/h4-12H,1-3H3,(H,24,27)(H,25,28)(H,22,23,26). The van der Waals surface area contributed by atoms with Crippen molar-refractivity contribution in [2.24, 2.45) is 0 Å². The van der Waals surface area contributed by atoms with Gasteiger partial charge in [-0.15, -0.1) is 0 Å². The molecule has 0 aliphatic carbocycles. The van der Waals surface area contributed by atoms with Crippen LogP contribution in [0.4, 0.5) is 23.0 Å². The fourth-order valence-electron chi connectivity index (χ4n) is 2.63. The first kappa shape index (κ1) is 19.8. The van der Waals surface area contributed by atoms with Crippen LogP contribution >= 0.6 is 0 Å². The van der Waals surface area contributed by atoms with Crippen LogP contribution in [-0.4, -0.2) is 28.9 Å². The molecule has 29 heavy (non-hydrogen) atoms. The minimum atomic E-state index is -0.357. The summed E-state index contributed by atoms with van der Waals surface area (Å²) in [6.07, 6.45) is 2.87. The van der Waals surface area contributed by atoms with E-state index in [1.807, 2.05) is 25.1 Å². The third kappa shape index (κ3) is 5.29. The first-order valence-corrected chi connectivity index (χ1v) is 8.87. The van der Waals surface area contributed by atoms with E-state index in [-0.39, 0.29) is 11.8 Å². The van der Waals surface area contributed by atoms with Crippen molar-refractivity contribution in [1.29, 1.82) is 0 Å². The molecule has 2 aromatic carbocycles. The van der Waals surface area contributed by atoms with Crippen LogP contribution in [-0.2, 0) is 4.79 Å². The molecule has 0 spiro atoms. The zero-order chi connectivity index (χ0) is 20.8. The number of nitrogens with zero attached hydrogens (tertiary/aromatic N) is 2. The van der Waals surface area contributed by atoms with E-state index in [1.54, 1.807) is 31.4 Å². The van der Waals surface area contributed by atoms with Gasteiger partial charge in [-0.3, -0.25) is 9.59 Å². The Morgan fingerprint density at radius 2 is 1.66 bits per heavy atom. The van der Waals surface area contributed by atoms with Crippen molar-refractivity contribution in [3.05, 3.63) is 66.0 Å². The fraction of sp³-hybridized carbons (Fsp3) is 0.143. The summed E-state index contributed by atoms with van der Waals surface area (Å²) in [7, 11) is 1.59. The summed E-state index contributed by atoms with van der Waals surface area (Å²) < 4.78 is 5.33. The fourth-order valence-corrected chi connectivity index (χ4v) is 2.63. The minimum absolute atomic E-state index is 0.185. The number of nitrogens with one attached hydrogen (secondary N) is 3. The van der Waals surface area contributed by atoms with E-state index >= 15 is 0 Å². The molecule has 1 aromatic heterocycles. The SMILES string of the molecule is COc1ccc(C)cc1Nc1ncc(C(=O)Nc2cccc(NC(C)=O)c2)cn1. The molecular weight excluding hydrogens is 370 g/mol. The van der Waals surface area contributed by atoms with Crippen molar-refractivity contribution in [1.82, 2.24) is 9.97 Å². The summed E-state index contributed by atoms with van der Waals surface area (Å²) in [6.45, 7) is 3.39. The van der Waals surface area contributed by atoms with Gasteiger partial charge in [0.2, 0.25) is 11.9 Å². The maximum Gasteiger partial charge on any atom is 0.258 e. The quantitative estimate of drug-likeness (QED) is 0.591. The number of amides is 2. The third-order valence-corrected chi connectivity index (χ3v) is 3.96. The zero-order valence-electron chi connectivity index (χ0n) is 16.3. The van der Waals surface area contributed by atoms with Gasteiger partial charge >= 0.3 is 0 Å². The number of carbonyl (C=O) groups excluding carboxylic acids is 2. The molecule has 3 N–H and O–H groups in total. The number of ether oxygens (including phenoxy) is 1. The van der Waals surface area contributed by atoms with Crippen LogP contribution in [0.1, 0.15) is 22.8 Å². The first-order chi connectivity index (χ1) is 13.9. The predicted octanol–water partition coefficient (Wildman–Crippen LogP) is 3.75. The van der Waals surface area contributed by atoms with Gasteiger partial charge in [0.05, 0.1) is 18.4 Å². The van der Waals surface area contributed by atoms with Gasteiger partial charge in [-0.05, 0) is 42.8 Å². The normalized spacial score (nSPS) is 10.2. The number of hydrogen-bond donors (Lipinski definition) is 3. The molecule has 0 atom stereocenters. The van der Waals surface area contributed by atoms with Crippen molar-refractivity contribution in [2.45, 2.75) is 13.8 Å². The van der Waals surface area contributed by atoms with E-state index < -0.39 is 0 Å². The van der Waals surface area contributed by atoms with Crippen LogP contribution in [0.3, 0.4) is 0 Å². The summed E-state index contributed by atoms with van der Waals surface area (Å²) in [5.74, 6) is 0.470. The lowest BCUT2D eigenvalue weighted by Gasteiger charge is -2.11. The van der Waals surface area contributed by atoms with Gasteiger partial charge in [0, 0.05) is 30.7 Å². The Hall–Kier alpha value is -3.94. The molecule has 0 aliphatic rings. The van der Waals surface area contributed by atoms with Crippen molar-refractivity contribution in [2.75, 3.05) is 23.1 Å². The maximum atomic E-state index is 12.4. The average molecular weight is 391 g/mol. The van der Waals surface area contributed by atoms with Crippen molar-refractivity contribution < 1.29 is 14.3 Å². The first-order valence-electron chi connectivity index (χ1n) is 8.87. The molecule has 8 heteroatoms. The lowest BCUT2D eigenvalue weighted by molar-refractivity contribution is -0.114. The van der Waals surface area contributed by atoms with Crippen LogP contribution in [0.15, 0.2) is 54.9 Å². The van der Waals surface area contributed by atoms with E-state index in [1.165, 1.54) is 19.3 Å². The summed E-state index contributed by atoms with van der Waals surface area (Å²) in [6, 6.07) is 12.6. The average Bonchev–Trinajstić information content (AvgIpc) is 2.68. The minimum Gasteiger partial charge on any atom is -0.495 e. The number of methoxy groups -OCH3 is 1. The molecule has 8 nitrogen and oxygen atoms in total. The Kier molecular flexibility index (Phi) is 6.03. The summed E-state index contributed by atoms with van der Waals surface area (Å²) >= 11 is 0. The number of rotatable bonds is 6. The highest BCUT2D eigenvalue weighted by atomic mass is 16.5. The Balaban J connectivity index is 1.69. The van der Waals surface area contributed by atoms with Crippen molar-refractivity contribution in [3.8, 4) is 5.75 Å². The molecule has 0 bridgehead atoms. The molecule has 0 radical (unpaired) electrons. The number of aromatic nitrogens is 2. The molecule has 0 aliphatic heterocycles. The van der Waals surface area contributed by atoms with Gasteiger partial charge < -0.3 is 20.7 Å². The van der Waals surface area contributed by atoms with E-state index in [4.69, 9.17) is 4.74 Å². The second-order valence-electron chi connectivity index (χ2n) is 6.34. The summed E-state index contributed by atoms with van der Waals surface area (Å²) in [5.41, 5.74) is 3.24. The van der Waals surface area contributed by atoms with Crippen LogP contribution in [0, 0.1) is 6.92 Å². The molecule has 0 fully saturated rings. The summed E-state index contributed by atoms with van der Waals surface area (Å²) in [5, 5.41) is 8.51. The maximum absolute atomic E-state index is 12.4. The third-order valence-electron chi connectivity index (χ3n) is 3.96. The van der Waals surface area contributed by atoms with Crippen LogP contribution in [0.25, 0.3) is 0 Å². The van der Waals surface area contributed by atoms with E-state index in [0.717, 1.165) is 11.3 Å². The molecule has 1 heterocycles. The number of hydrogen-bond acceptors (Lipinski definition) is 6. The zero-order valence-corrected chi connectivity index (χ0v) is 16.3. The number of benzene rings is 2. The molecule has 0 unspecified atom stereocenters. The van der Waals surface area contributed by atoms with Gasteiger partial charge in [0.15, 0.2) is 0 Å². The second-order valence-corrected chi connectivity index (χ2v) is 6.34. The molecular formula is C21H21N5O3. The monoisotopic (exact) mass is 391 g/mol. The highest BCUT2D eigenvalue weighted by Crippen LogP contribution is 2.27. The van der Waals surface area contributed by atoms with Gasteiger partial charge in [0.1, 0.15) is 5.75 Å². The topological polar surface area (TPSA) is 105 Å². The van der Waals surface area contributed by atoms with Crippen LogP contribution in [0.2, 0.25) is 0 Å². The molecule has 0 saturated heterocycles. The Labute approximate surface area is 168 Å². The molecule has 3 aromatic rings. The van der Waals surface area contributed by atoms with Crippen molar-refractivity contribution in [3.63, 3.8) is 0 Å². The van der Waals surface area contributed by atoms with Crippen LogP contribution in [0.5, 0.6) is 5.75 Å². The molecule has 148 valence electrons. The number of anilines is 4. The number of aryl methyl sites for hydroxylation is 1. The molecule has 0 saturated carbocycles. The van der Waals surface area contributed by atoms with Gasteiger partial charge in [-0.2, -0.15) is 0 Å². The highest BCUT2D eigenvalue weighted by molar-refractivity contribution is 6.04. The molecule has 2 amide bonds. The highest BCUT2D eigenvalue weighted by Gasteiger charge is 2.10. The Morgan fingerprint density at radius 3 is 2.31 bits per heavy atom. The van der Waals surface area contributed by atoms with Crippen molar-refractivity contribution >= 4 is 34.8 Å². The molecule has 3 rings (SSSR count). The van der Waals surface area contributed by atoms with Gasteiger partial charge in [-0.1, -0.05) is 12.1 Å². The predicted molar refractivity (Wildman–Crippen MR) is 112 cm³/mol. The second kappa shape index (κ2) is 8.83. The Bertz CT molecular complexity index is 1030. The largest absolute Gasteiger partial charge is 0.495 e. The lowest BCUT2D eigenvalue weighted by Crippen LogP contribution is -2.13. The van der Waals surface area contributed by atoms with E-state index in [0.29, 0.717) is 28.6 Å². The lowest BCUT2D eigenvalue weighted by atomic mass is 10.2. The van der Waals surface area contributed by atoms with Gasteiger partial charge in [-0.25, -0.2) is 9.97 Å². The van der Waals surface area contributed by atoms with Gasteiger partial charge in [0.25, 0.3) is 5.91 Å². The number of carbonyl (C=O) groups is 2. The van der Waals surface area contributed by atoms with Crippen LogP contribution < -0.4 is 20.7 Å². The smallest absolute Gasteiger partial charge is 0.258 e. The Morgan fingerprint density at radius 1 is 0.966 bits per heavy atom. The van der Waals surface area contributed by atoms with E-state index in [2.05, 4.69) is 25.9 Å². The van der Waals surface area contributed by atoms with E-state index in [9.17, 15) is 9.59 Å². The summed E-state index contributed by atoms with van der Waals surface area (Å²) in [4.78, 5) is 32.0.